The van der Waals surface area contributed by atoms with Gasteiger partial charge in [-0.1, -0.05) is 19.4 Å². The Labute approximate surface area is 137 Å². The molecule has 5 atom stereocenters. The molecule has 7 rings (SSSR count). The third-order valence-corrected chi connectivity index (χ3v) is 6.88. The van der Waals surface area contributed by atoms with Crippen LogP contribution in [0.15, 0.2) is 18.2 Å². The standard InChI is InChI=1S/C20H26N2O/c1-2-13-8-14-10-22-6-5-15-17-7-12(11-23)3-4-18(17)21-20(15)16(14)9-19(13)22/h3-4,7,13-14,16,19,21,23H,2,5-6,8-11H2,1H3. The predicted molar refractivity (Wildman–Crippen MR) is 92.5 cm³/mol. The smallest absolute Gasteiger partial charge is 0.0682 e. The monoisotopic (exact) mass is 310 g/mol. The SMILES string of the molecule is CCC1CC2CN3CCc4c([nH]c5ccc(CO)cc45)C2CC13. The van der Waals surface area contributed by atoms with Crippen LogP contribution in [0.4, 0.5) is 0 Å². The summed E-state index contributed by atoms with van der Waals surface area (Å²) in [5, 5.41) is 10.8. The fourth-order valence-corrected chi connectivity index (χ4v) is 5.75. The molecule has 1 aliphatic carbocycles. The molecule has 23 heavy (non-hydrogen) atoms. The lowest BCUT2D eigenvalue weighted by atomic mass is 9.63. The van der Waals surface area contributed by atoms with Crippen molar-refractivity contribution < 1.29 is 5.11 Å². The maximum absolute atomic E-state index is 9.47. The molecule has 0 radical (unpaired) electrons. The summed E-state index contributed by atoms with van der Waals surface area (Å²) in [4.78, 5) is 6.57. The van der Waals surface area contributed by atoms with Crippen molar-refractivity contribution in [3.05, 3.63) is 35.0 Å². The van der Waals surface area contributed by atoms with Crippen LogP contribution in [0.2, 0.25) is 0 Å². The van der Waals surface area contributed by atoms with Crippen LogP contribution in [0.3, 0.4) is 0 Å². The van der Waals surface area contributed by atoms with E-state index < -0.39 is 0 Å². The number of fused-ring (bicyclic) bond motifs is 3. The molecule has 3 fully saturated rings. The van der Waals surface area contributed by atoms with Crippen LogP contribution >= 0.6 is 0 Å². The van der Waals surface area contributed by atoms with Crippen LogP contribution in [0, 0.1) is 11.8 Å². The largest absolute Gasteiger partial charge is 0.392 e. The van der Waals surface area contributed by atoms with Gasteiger partial charge in [-0.05, 0) is 54.4 Å². The highest BCUT2D eigenvalue weighted by Crippen LogP contribution is 2.51. The number of nitrogens with zero attached hydrogens (tertiary/aromatic N) is 1. The van der Waals surface area contributed by atoms with Crippen molar-refractivity contribution >= 4 is 10.9 Å². The number of rotatable bonds is 2. The van der Waals surface area contributed by atoms with Gasteiger partial charge in [0.05, 0.1) is 6.61 Å². The summed E-state index contributed by atoms with van der Waals surface area (Å²) < 4.78 is 0. The molecule has 5 unspecified atom stereocenters. The Balaban J connectivity index is 1.64. The zero-order chi connectivity index (χ0) is 15.6. The zero-order valence-electron chi connectivity index (χ0n) is 13.9. The Morgan fingerprint density at radius 3 is 3.00 bits per heavy atom. The molecule has 5 heterocycles. The van der Waals surface area contributed by atoms with Crippen LogP contribution in [0.1, 0.15) is 48.9 Å². The van der Waals surface area contributed by atoms with Gasteiger partial charge in [-0.3, -0.25) is 4.90 Å². The minimum Gasteiger partial charge on any atom is -0.392 e. The zero-order valence-corrected chi connectivity index (χ0v) is 13.9. The highest BCUT2D eigenvalue weighted by atomic mass is 16.3. The summed E-state index contributed by atoms with van der Waals surface area (Å²) in [6, 6.07) is 7.21. The molecular weight excluding hydrogens is 284 g/mol. The predicted octanol–water partition coefficient (Wildman–Crippen LogP) is 3.42. The number of hydrogen-bond acceptors (Lipinski definition) is 2. The van der Waals surface area contributed by atoms with Crippen LogP contribution < -0.4 is 0 Å². The average molecular weight is 310 g/mol. The average Bonchev–Trinajstić information content (AvgIpc) is 2.94. The Kier molecular flexibility index (Phi) is 3.11. The second kappa shape index (κ2) is 5.09. The molecule has 1 aromatic heterocycles. The summed E-state index contributed by atoms with van der Waals surface area (Å²) in [5.41, 5.74) is 5.34. The number of piperidine rings is 2. The molecular formula is C20H26N2O. The molecule has 0 spiro atoms. The number of aromatic nitrogens is 1. The second-order valence-corrected chi connectivity index (χ2v) is 7.87. The molecule has 3 heteroatoms. The van der Waals surface area contributed by atoms with E-state index in [9.17, 15) is 5.11 Å². The first kappa shape index (κ1) is 14.1. The highest BCUT2D eigenvalue weighted by Gasteiger charge is 2.47. The van der Waals surface area contributed by atoms with Crippen molar-refractivity contribution in [3.63, 3.8) is 0 Å². The van der Waals surface area contributed by atoms with Crippen molar-refractivity contribution in [2.24, 2.45) is 11.8 Å². The molecule has 2 aromatic rings. The van der Waals surface area contributed by atoms with Gasteiger partial charge >= 0.3 is 0 Å². The number of aromatic amines is 1. The van der Waals surface area contributed by atoms with Gasteiger partial charge in [0.2, 0.25) is 0 Å². The van der Waals surface area contributed by atoms with E-state index >= 15 is 0 Å². The molecule has 4 aliphatic heterocycles. The lowest BCUT2D eigenvalue weighted by Gasteiger charge is -2.55. The second-order valence-electron chi connectivity index (χ2n) is 7.87. The fraction of sp³-hybridized carbons (Fsp3) is 0.600. The van der Waals surface area contributed by atoms with E-state index in [2.05, 4.69) is 28.9 Å². The highest BCUT2D eigenvalue weighted by molar-refractivity contribution is 5.85. The maximum Gasteiger partial charge on any atom is 0.0682 e. The van der Waals surface area contributed by atoms with Crippen LogP contribution in [-0.2, 0) is 13.0 Å². The number of hydrogen-bond donors (Lipinski definition) is 2. The normalized spacial score (nSPS) is 35.3. The first-order valence-corrected chi connectivity index (χ1v) is 9.26. The third-order valence-electron chi connectivity index (χ3n) is 6.88. The lowest BCUT2D eigenvalue weighted by molar-refractivity contribution is -0.0191. The van der Waals surface area contributed by atoms with Crippen molar-refractivity contribution in [2.75, 3.05) is 13.1 Å². The van der Waals surface area contributed by atoms with E-state index in [1.54, 1.807) is 0 Å². The first-order valence-electron chi connectivity index (χ1n) is 9.26. The van der Waals surface area contributed by atoms with Gasteiger partial charge in [0.25, 0.3) is 0 Å². The molecule has 3 nitrogen and oxygen atoms in total. The number of aliphatic hydroxyl groups excluding tert-OH is 1. The number of H-pyrrole nitrogens is 1. The quantitative estimate of drug-likeness (QED) is 0.892. The van der Waals surface area contributed by atoms with Gasteiger partial charge in [-0.25, -0.2) is 0 Å². The molecule has 2 saturated heterocycles. The lowest BCUT2D eigenvalue weighted by Crippen LogP contribution is -2.57. The summed E-state index contributed by atoms with van der Waals surface area (Å²) in [5.74, 6) is 2.46. The number of nitrogens with one attached hydrogen (secondary N) is 1. The fourth-order valence-electron chi connectivity index (χ4n) is 5.75. The van der Waals surface area contributed by atoms with Crippen LogP contribution in [-0.4, -0.2) is 34.1 Å². The molecule has 1 aromatic carbocycles. The van der Waals surface area contributed by atoms with Gasteiger partial charge < -0.3 is 10.1 Å². The van der Waals surface area contributed by atoms with Crippen molar-refractivity contribution in [1.29, 1.82) is 0 Å². The minimum atomic E-state index is 0.133. The van der Waals surface area contributed by atoms with E-state index in [4.69, 9.17) is 0 Å². The Bertz CT molecular complexity index is 749. The Hall–Kier alpha value is -1.32. The molecule has 2 N–H and O–H groups in total. The van der Waals surface area contributed by atoms with Gasteiger partial charge in [-0.2, -0.15) is 0 Å². The van der Waals surface area contributed by atoms with Gasteiger partial charge in [0.1, 0.15) is 0 Å². The number of aliphatic hydroxyl groups is 1. The van der Waals surface area contributed by atoms with Gasteiger partial charge in [0.15, 0.2) is 0 Å². The van der Waals surface area contributed by atoms with E-state index in [-0.39, 0.29) is 6.61 Å². The molecule has 0 amide bonds. The number of benzene rings is 1. The van der Waals surface area contributed by atoms with E-state index in [1.165, 1.54) is 54.5 Å². The Morgan fingerprint density at radius 1 is 1.30 bits per heavy atom. The van der Waals surface area contributed by atoms with Crippen molar-refractivity contribution in [3.8, 4) is 0 Å². The molecule has 122 valence electrons. The maximum atomic E-state index is 9.47. The minimum absolute atomic E-state index is 0.133. The van der Waals surface area contributed by atoms with Crippen LogP contribution in [0.5, 0.6) is 0 Å². The summed E-state index contributed by atoms with van der Waals surface area (Å²) in [6.45, 7) is 5.01. The van der Waals surface area contributed by atoms with Crippen molar-refractivity contribution in [2.45, 2.75) is 51.2 Å². The summed E-state index contributed by atoms with van der Waals surface area (Å²) in [7, 11) is 0. The third kappa shape index (κ3) is 1.96. The molecule has 1 saturated carbocycles. The molecule has 5 aliphatic rings. The van der Waals surface area contributed by atoms with E-state index in [1.807, 2.05) is 6.07 Å². The molecule has 4 bridgehead atoms. The first-order chi connectivity index (χ1) is 11.3. The van der Waals surface area contributed by atoms with Gasteiger partial charge in [-0.15, -0.1) is 0 Å². The topological polar surface area (TPSA) is 39.3 Å². The van der Waals surface area contributed by atoms with E-state index in [0.717, 1.165) is 35.8 Å². The van der Waals surface area contributed by atoms with Crippen molar-refractivity contribution in [1.82, 2.24) is 9.88 Å². The summed E-state index contributed by atoms with van der Waals surface area (Å²) >= 11 is 0. The summed E-state index contributed by atoms with van der Waals surface area (Å²) in [6.07, 6.45) is 5.25. The van der Waals surface area contributed by atoms with Crippen LogP contribution in [0.25, 0.3) is 10.9 Å². The van der Waals surface area contributed by atoms with Gasteiger partial charge in [0, 0.05) is 41.6 Å². The Morgan fingerprint density at radius 2 is 2.22 bits per heavy atom. The van der Waals surface area contributed by atoms with E-state index in [0.29, 0.717) is 0 Å².